The Morgan fingerprint density at radius 1 is 0.907 bits per heavy atom. The zero-order valence-corrected chi connectivity index (χ0v) is 26.8. The van der Waals surface area contributed by atoms with Crippen molar-refractivity contribution in [3.8, 4) is 0 Å². The Labute approximate surface area is 262 Å². The summed E-state index contributed by atoms with van der Waals surface area (Å²) >= 11 is 3.52. The maximum absolute atomic E-state index is 14.0. The molecule has 1 unspecified atom stereocenters. The molecule has 4 aromatic carbocycles. The average molecular weight is 663 g/mol. The number of amides is 2. The van der Waals surface area contributed by atoms with Crippen LogP contribution in [0.2, 0.25) is 0 Å². The van der Waals surface area contributed by atoms with Crippen LogP contribution >= 0.6 is 15.9 Å². The van der Waals surface area contributed by atoms with Gasteiger partial charge in [-0.05, 0) is 53.1 Å². The summed E-state index contributed by atoms with van der Waals surface area (Å²) in [6.07, 6.45) is 0.764. The Balaban J connectivity index is 1.39. The first-order valence-corrected chi connectivity index (χ1v) is 16.8. The van der Waals surface area contributed by atoms with Crippen LogP contribution in [0.15, 0.2) is 100 Å². The van der Waals surface area contributed by atoms with Gasteiger partial charge in [-0.25, -0.2) is 8.42 Å². The van der Waals surface area contributed by atoms with Crippen molar-refractivity contribution in [3.63, 3.8) is 0 Å². The topological polar surface area (TPSA) is 86.8 Å². The van der Waals surface area contributed by atoms with Crippen LogP contribution in [0.4, 0.5) is 5.69 Å². The summed E-state index contributed by atoms with van der Waals surface area (Å²) < 4.78 is 29.2. The average Bonchev–Trinajstić information content (AvgIpc) is 3.21. The van der Waals surface area contributed by atoms with Crippen molar-refractivity contribution in [1.82, 2.24) is 10.2 Å². The third kappa shape index (κ3) is 6.94. The molecule has 0 radical (unpaired) electrons. The van der Waals surface area contributed by atoms with Crippen LogP contribution in [-0.2, 0) is 32.6 Å². The van der Waals surface area contributed by atoms with Gasteiger partial charge in [0.25, 0.3) is 10.0 Å². The fourth-order valence-electron chi connectivity index (χ4n) is 5.52. The summed E-state index contributed by atoms with van der Waals surface area (Å²) in [6, 6.07) is 27.5. The molecule has 0 spiro atoms. The van der Waals surface area contributed by atoms with E-state index in [4.69, 9.17) is 0 Å². The molecule has 0 fully saturated rings. The zero-order chi connectivity index (χ0) is 30.6. The van der Waals surface area contributed by atoms with Crippen LogP contribution in [-0.4, -0.2) is 44.3 Å². The van der Waals surface area contributed by atoms with Gasteiger partial charge in [0.05, 0.1) is 10.6 Å². The highest BCUT2D eigenvalue weighted by molar-refractivity contribution is 9.10. The zero-order valence-electron chi connectivity index (χ0n) is 24.4. The number of carbonyl (C=O) groups is 2. The van der Waals surface area contributed by atoms with Gasteiger partial charge < -0.3 is 10.2 Å². The molecule has 1 aliphatic heterocycles. The summed E-state index contributed by atoms with van der Waals surface area (Å²) in [4.78, 5) is 29.6. The third-order valence-electron chi connectivity index (χ3n) is 7.63. The van der Waals surface area contributed by atoms with E-state index < -0.39 is 16.1 Å². The largest absolute Gasteiger partial charge is 0.354 e. The first kappa shape index (κ1) is 30.8. The third-order valence-corrected chi connectivity index (χ3v) is 9.98. The van der Waals surface area contributed by atoms with Gasteiger partial charge in [0.1, 0.15) is 6.04 Å². The number of halogens is 1. The van der Waals surface area contributed by atoms with Crippen LogP contribution in [0.1, 0.15) is 37.8 Å². The van der Waals surface area contributed by atoms with Gasteiger partial charge in [0.2, 0.25) is 11.8 Å². The van der Waals surface area contributed by atoms with Crippen molar-refractivity contribution in [2.75, 3.05) is 17.4 Å². The van der Waals surface area contributed by atoms with E-state index in [0.717, 1.165) is 26.4 Å². The standard InChI is InChI=1S/C34H36BrN3O4S/c1-24(2)22-36-34(40)30(21-25-10-4-3-5-11-25)37(23-26-12-6-15-28(35)20-26)32(39)18-9-19-38-29-16-7-13-27-14-8-17-31(33(27)29)43(38,41)42/h3-8,10-17,20,24,30H,9,18-19,21-23H2,1-2H3,(H,36,40). The van der Waals surface area contributed by atoms with E-state index in [9.17, 15) is 18.0 Å². The van der Waals surface area contributed by atoms with Gasteiger partial charge in [-0.15, -0.1) is 0 Å². The Bertz CT molecular complexity index is 1720. The van der Waals surface area contributed by atoms with E-state index in [1.165, 1.54) is 4.31 Å². The second-order valence-electron chi connectivity index (χ2n) is 11.3. The normalized spacial score (nSPS) is 14.2. The second-order valence-corrected chi connectivity index (χ2v) is 14.1. The molecule has 4 aromatic rings. The maximum atomic E-state index is 14.0. The van der Waals surface area contributed by atoms with Gasteiger partial charge in [-0.2, -0.15) is 0 Å². The number of carbonyl (C=O) groups excluding carboxylic acids is 2. The van der Waals surface area contributed by atoms with Crippen LogP contribution in [0.5, 0.6) is 0 Å². The minimum absolute atomic E-state index is 0.0924. The minimum atomic E-state index is -3.72. The van der Waals surface area contributed by atoms with E-state index in [1.807, 2.05) is 92.7 Å². The van der Waals surface area contributed by atoms with Crippen LogP contribution in [0, 0.1) is 5.92 Å². The summed E-state index contributed by atoms with van der Waals surface area (Å²) in [5.74, 6) is -0.149. The van der Waals surface area contributed by atoms with Crippen molar-refractivity contribution in [1.29, 1.82) is 0 Å². The molecule has 0 aromatic heterocycles. The molecule has 43 heavy (non-hydrogen) atoms. The molecule has 5 rings (SSSR count). The van der Waals surface area contributed by atoms with E-state index in [0.29, 0.717) is 30.0 Å². The van der Waals surface area contributed by atoms with Gasteiger partial charge in [-0.1, -0.05) is 96.5 Å². The van der Waals surface area contributed by atoms with Gasteiger partial charge in [0.15, 0.2) is 0 Å². The monoisotopic (exact) mass is 661 g/mol. The number of sulfonamides is 1. The predicted octanol–water partition coefficient (Wildman–Crippen LogP) is 6.30. The summed E-state index contributed by atoms with van der Waals surface area (Å²) in [7, 11) is -3.72. The molecular formula is C34H36BrN3O4S. The molecule has 0 aliphatic carbocycles. The molecule has 2 amide bonds. The van der Waals surface area contributed by atoms with Crippen molar-refractivity contribution in [2.24, 2.45) is 5.92 Å². The first-order chi connectivity index (χ1) is 20.6. The highest BCUT2D eigenvalue weighted by atomic mass is 79.9. The predicted molar refractivity (Wildman–Crippen MR) is 174 cm³/mol. The number of hydrogen-bond donors (Lipinski definition) is 1. The smallest absolute Gasteiger partial charge is 0.265 e. The van der Waals surface area contributed by atoms with Crippen LogP contribution < -0.4 is 9.62 Å². The minimum Gasteiger partial charge on any atom is -0.354 e. The lowest BCUT2D eigenvalue weighted by molar-refractivity contribution is -0.141. The summed E-state index contributed by atoms with van der Waals surface area (Å²) in [5, 5.41) is 4.63. The number of benzene rings is 4. The SMILES string of the molecule is CC(C)CNC(=O)C(Cc1ccccc1)N(Cc1cccc(Br)c1)C(=O)CCCN1c2cccc3cccc(c23)S1(=O)=O. The van der Waals surface area contributed by atoms with E-state index in [1.54, 1.807) is 17.0 Å². The van der Waals surface area contributed by atoms with Crippen molar-refractivity contribution in [3.05, 3.63) is 107 Å². The molecule has 9 heteroatoms. The molecule has 1 N–H and O–H groups in total. The van der Waals surface area contributed by atoms with Crippen molar-refractivity contribution >= 4 is 54.2 Å². The van der Waals surface area contributed by atoms with E-state index in [2.05, 4.69) is 21.2 Å². The molecule has 224 valence electrons. The lowest BCUT2D eigenvalue weighted by Crippen LogP contribution is -2.51. The lowest BCUT2D eigenvalue weighted by atomic mass is 10.0. The van der Waals surface area contributed by atoms with Gasteiger partial charge >= 0.3 is 0 Å². The number of hydrogen-bond acceptors (Lipinski definition) is 4. The van der Waals surface area contributed by atoms with Crippen LogP contribution in [0.25, 0.3) is 10.8 Å². The van der Waals surface area contributed by atoms with Gasteiger partial charge in [0, 0.05) is 42.3 Å². The summed E-state index contributed by atoms with van der Waals surface area (Å²) in [6.45, 7) is 4.97. The fraction of sp³-hybridized carbons (Fsp3) is 0.294. The molecular weight excluding hydrogens is 626 g/mol. The molecule has 1 atom stereocenters. The molecule has 7 nitrogen and oxygen atoms in total. The summed E-state index contributed by atoms with van der Waals surface area (Å²) in [5.41, 5.74) is 2.48. The molecule has 1 heterocycles. The Morgan fingerprint density at radius 3 is 2.33 bits per heavy atom. The molecule has 1 aliphatic rings. The molecule has 0 bridgehead atoms. The number of anilines is 1. The Morgan fingerprint density at radius 2 is 1.60 bits per heavy atom. The van der Waals surface area contributed by atoms with Crippen molar-refractivity contribution in [2.45, 2.75) is 50.6 Å². The van der Waals surface area contributed by atoms with Crippen molar-refractivity contribution < 1.29 is 18.0 Å². The number of nitrogens with zero attached hydrogens (tertiary/aromatic N) is 2. The quantitative estimate of drug-likeness (QED) is 0.193. The fourth-order valence-corrected chi connectivity index (χ4v) is 7.72. The Hall–Kier alpha value is -3.69. The maximum Gasteiger partial charge on any atom is 0.265 e. The second kappa shape index (κ2) is 13.3. The Kier molecular flexibility index (Phi) is 9.52. The number of rotatable bonds is 12. The lowest BCUT2D eigenvalue weighted by Gasteiger charge is -2.32. The highest BCUT2D eigenvalue weighted by Gasteiger charge is 2.36. The van der Waals surface area contributed by atoms with E-state index >= 15 is 0 Å². The molecule has 0 saturated heterocycles. The first-order valence-electron chi connectivity index (χ1n) is 14.5. The van der Waals surface area contributed by atoms with Gasteiger partial charge in [-0.3, -0.25) is 13.9 Å². The highest BCUT2D eigenvalue weighted by Crippen LogP contribution is 2.42. The van der Waals surface area contributed by atoms with Crippen LogP contribution in [0.3, 0.4) is 0 Å². The molecule has 0 saturated carbocycles. The number of nitrogens with one attached hydrogen (secondary N) is 1. The van der Waals surface area contributed by atoms with E-state index in [-0.39, 0.29) is 37.2 Å².